The van der Waals surface area contributed by atoms with Gasteiger partial charge in [-0.1, -0.05) is 24.3 Å². The molecule has 0 radical (unpaired) electrons. The van der Waals surface area contributed by atoms with Crippen LogP contribution >= 0.6 is 0 Å². The lowest BCUT2D eigenvalue weighted by atomic mass is 10.1. The molecule has 128 valence electrons. The van der Waals surface area contributed by atoms with E-state index in [0.717, 1.165) is 11.3 Å². The van der Waals surface area contributed by atoms with Crippen LogP contribution in [0.2, 0.25) is 0 Å². The smallest absolute Gasteiger partial charge is 0.270 e. The molecule has 3 heterocycles. The van der Waals surface area contributed by atoms with Crippen molar-refractivity contribution in [3.05, 3.63) is 89.0 Å². The molecule has 26 heavy (non-hydrogen) atoms. The second-order valence-electron chi connectivity index (χ2n) is 5.56. The molecule has 0 aliphatic rings. The van der Waals surface area contributed by atoms with Crippen LogP contribution in [-0.4, -0.2) is 30.1 Å². The first-order valence-electron chi connectivity index (χ1n) is 7.91. The normalized spacial score (nSPS) is 10.8. The van der Waals surface area contributed by atoms with E-state index >= 15 is 0 Å². The lowest BCUT2D eigenvalue weighted by Crippen LogP contribution is -2.31. The van der Waals surface area contributed by atoms with Gasteiger partial charge >= 0.3 is 0 Å². The summed E-state index contributed by atoms with van der Waals surface area (Å²) < 4.78 is 2.96. The lowest BCUT2D eigenvalue weighted by Gasteiger charge is -2.10. The van der Waals surface area contributed by atoms with Crippen LogP contribution in [0.25, 0.3) is 11.3 Å². The summed E-state index contributed by atoms with van der Waals surface area (Å²) in [5, 5.41) is 6.88. The van der Waals surface area contributed by atoms with E-state index in [1.54, 1.807) is 35.4 Å². The molecule has 0 aliphatic heterocycles. The summed E-state index contributed by atoms with van der Waals surface area (Å²) in [6.07, 6.45) is 5.91. The number of nitrogens with one attached hydrogen (secondary N) is 1. The van der Waals surface area contributed by atoms with Gasteiger partial charge in [0.05, 0.1) is 5.69 Å². The van der Waals surface area contributed by atoms with Crippen LogP contribution in [0, 0.1) is 0 Å². The number of carbonyl (C=O) groups excluding carboxylic acids is 1. The SMILES string of the molecule is O=C(NCc1ccccc1-n1cncn1)c1cnc2ccccn2c1=O. The molecule has 0 spiro atoms. The van der Waals surface area contributed by atoms with Crippen LogP contribution < -0.4 is 10.9 Å². The average Bonchev–Trinajstić information content (AvgIpc) is 3.21. The summed E-state index contributed by atoms with van der Waals surface area (Å²) in [7, 11) is 0. The van der Waals surface area contributed by atoms with E-state index in [4.69, 9.17) is 0 Å². The van der Waals surface area contributed by atoms with Gasteiger partial charge < -0.3 is 5.32 Å². The Hall–Kier alpha value is -3.81. The molecule has 4 rings (SSSR count). The van der Waals surface area contributed by atoms with E-state index in [0.29, 0.717) is 5.65 Å². The quantitative estimate of drug-likeness (QED) is 0.599. The fraction of sp³-hybridized carbons (Fsp3) is 0.0556. The molecule has 0 aliphatic carbocycles. The third-order valence-electron chi connectivity index (χ3n) is 3.95. The standard InChI is InChI=1S/C18H14N6O2/c25-17(14-10-20-16-7-3-4-8-23(16)18(14)26)21-9-13-5-1-2-6-15(13)24-12-19-11-22-24/h1-8,10-12H,9H2,(H,21,25). The number of hydrogen-bond donors (Lipinski definition) is 1. The third kappa shape index (κ3) is 2.84. The first-order chi connectivity index (χ1) is 12.7. The summed E-state index contributed by atoms with van der Waals surface area (Å²) in [6, 6.07) is 12.7. The molecule has 8 nitrogen and oxygen atoms in total. The van der Waals surface area contributed by atoms with Gasteiger partial charge in [0.15, 0.2) is 0 Å². The van der Waals surface area contributed by atoms with Crippen LogP contribution in [0.15, 0.2) is 72.3 Å². The van der Waals surface area contributed by atoms with E-state index in [1.807, 2.05) is 24.3 Å². The molecule has 0 atom stereocenters. The molecule has 8 heteroatoms. The van der Waals surface area contributed by atoms with Crippen molar-refractivity contribution in [1.82, 2.24) is 29.5 Å². The molecular weight excluding hydrogens is 332 g/mol. The number of nitrogens with zero attached hydrogens (tertiary/aromatic N) is 5. The van der Waals surface area contributed by atoms with Crippen molar-refractivity contribution < 1.29 is 4.79 Å². The van der Waals surface area contributed by atoms with Crippen molar-refractivity contribution in [2.24, 2.45) is 0 Å². The molecule has 1 aromatic carbocycles. The van der Waals surface area contributed by atoms with Crippen molar-refractivity contribution >= 4 is 11.6 Å². The number of carbonyl (C=O) groups is 1. The van der Waals surface area contributed by atoms with Gasteiger partial charge in [0.2, 0.25) is 0 Å². The van der Waals surface area contributed by atoms with E-state index in [9.17, 15) is 9.59 Å². The largest absolute Gasteiger partial charge is 0.348 e. The molecule has 1 amide bonds. The summed E-state index contributed by atoms with van der Waals surface area (Å²) >= 11 is 0. The first-order valence-corrected chi connectivity index (χ1v) is 7.91. The summed E-state index contributed by atoms with van der Waals surface area (Å²) in [4.78, 5) is 33.0. The van der Waals surface area contributed by atoms with Gasteiger partial charge in [-0.2, -0.15) is 5.10 Å². The number of aromatic nitrogens is 5. The van der Waals surface area contributed by atoms with Gasteiger partial charge in [-0.15, -0.1) is 0 Å². The highest BCUT2D eigenvalue weighted by molar-refractivity contribution is 5.93. The Morgan fingerprint density at radius 3 is 2.81 bits per heavy atom. The molecule has 0 saturated carbocycles. The molecule has 3 aromatic heterocycles. The van der Waals surface area contributed by atoms with E-state index < -0.39 is 11.5 Å². The molecular formula is C18H14N6O2. The number of fused-ring (bicyclic) bond motifs is 1. The predicted molar refractivity (Wildman–Crippen MR) is 94.0 cm³/mol. The monoisotopic (exact) mass is 346 g/mol. The van der Waals surface area contributed by atoms with Crippen molar-refractivity contribution in [3.8, 4) is 5.69 Å². The zero-order valence-corrected chi connectivity index (χ0v) is 13.6. The van der Waals surface area contributed by atoms with Crippen molar-refractivity contribution in [3.63, 3.8) is 0 Å². The highest BCUT2D eigenvalue weighted by Crippen LogP contribution is 2.12. The predicted octanol–water partition coefficient (Wildman–Crippen LogP) is 1.21. The minimum Gasteiger partial charge on any atom is -0.348 e. The molecule has 4 aromatic rings. The number of para-hydroxylation sites is 1. The maximum Gasteiger partial charge on any atom is 0.270 e. The zero-order valence-electron chi connectivity index (χ0n) is 13.6. The lowest BCUT2D eigenvalue weighted by molar-refractivity contribution is 0.0949. The van der Waals surface area contributed by atoms with Crippen LogP contribution in [0.5, 0.6) is 0 Å². The second kappa shape index (κ2) is 6.60. The Morgan fingerprint density at radius 2 is 1.96 bits per heavy atom. The average molecular weight is 346 g/mol. The number of amides is 1. The van der Waals surface area contributed by atoms with E-state index in [2.05, 4.69) is 20.4 Å². The Morgan fingerprint density at radius 1 is 1.12 bits per heavy atom. The topological polar surface area (TPSA) is 94.2 Å². The number of benzene rings is 1. The number of hydrogen-bond acceptors (Lipinski definition) is 5. The summed E-state index contributed by atoms with van der Waals surface area (Å²) in [5.74, 6) is -0.478. The third-order valence-corrected chi connectivity index (χ3v) is 3.95. The molecule has 0 saturated heterocycles. The Kier molecular flexibility index (Phi) is 3.98. The van der Waals surface area contributed by atoms with Gasteiger partial charge in [-0.3, -0.25) is 14.0 Å². The van der Waals surface area contributed by atoms with E-state index in [-0.39, 0.29) is 12.1 Å². The van der Waals surface area contributed by atoms with Crippen LogP contribution in [0.3, 0.4) is 0 Å². The van der Waals surface area contributed by atoms with E-state index in [1.165, 1.54) is 16.9 Å². The van der Waals surface area contributed by atoms with Crippen LogP contribution in [0.1, 0.15) is 15.9 Å². The molecule has 1 N–H and O–H groups in total. The highest BCUT2D eigenvalue weighted by atomic mass is 16.2. The zero-order chi connectivity index (χ0) is 17.9. The number of pyridine rings is 1. The Balaban J connectivity index is 1.59. The summed E-state index contributed by atoms with van der Waals surface area (Å²) in [6.45, 7) is 0.242. The van der Waals surface area contributed by atoms with Gasteiger partial charge in [0.25, 0.3) is 11.5 Å². The van der Waals surface area contributed by atoms with Gasteiger partial charge in [0, 0.05) is 18.9 Å². The fourth-order valence-corrected chi connectivity index (χ4v) is 2.67. The molecule has 0 fully saturated rings. The second-order valence-corrected chi connectivity index (χ2v) is 5.56. The van der Waals surface area contributed by atoms with Gasteiger partial charge in [0.1, 0.15) is 23.9 Å². The first kappa shape index (κ1) is 15.7. The molecule has 0 unspecified atom stereocenters. The van der Waals surface area contributed by atoms with Crippen LogP contribution in [0.4, 0.5) is 0 Å². The van der Waals surface area contributed by atoms with Gasteiger partial charge in [-0.05, 0) is 23.8 Å². The van der Waals surface area contributed by atoms with Crippen molar-refractivity contribution in [2.75, 3.05) is 0 Å². The Bertz CT molecular complexity index is 1130. The maximum absolute atomic E-state index is 12.5. The minimum atomic E-state index is -0.478. The number of rotatable bonds is 4. The molecule has 0 bridgehead atoms. The minimum absolute atomic E-state index is 0.00747. The Labute approximate surface area is 147 Å². The fourth-order valence-electron chi connectivity index (χ4n) is 2.67. The van der Waals surface area contributed by atoms with Crippen LogP contribution in [-0.2, 0) is 6.54 Å². The van der Waals surface area contributed by atoms with Crippen molar-refractivity contribution in [1.29, 1.82) is 0 Å². The highest BCUT2D eigenvalue weighted by Gasteiger charge is 2.14. The van der Waals surface area contributed by atoms with Gasteiger partial charge in [-0.25, -0.2) is 14.6 Å². The maximum atomic E-state index is 12.5. The summed E-state index contributed by atoms with van der Waals surface area (Å²) in [5.41, 5.74) is 1.73. The van der Waals surface area contributed by atoms with Crippen molar-refractivity contribution in [2.45, 2.75) is 6.54 Å².